The number of piperidine rings is 1. The van der Waals surface area contributed by atoms with E-state index in [0.29, 0.717) is 17.2 Å². The van der Waals surface area contributed by atoms with E-state index in [0.717, 1.165) is 43.5 Å². The van der Waals surface area contributed by atoms with Crippen LogP contribution < -0.4 is 4.31 Å². The van der Waals surface area contributed by atoms with Gasteiger partial charge in [-0.05, 0) is 73.1 Å². The van der Waals surface area contributed by atoms with Crippen LogP contribution >= 0.6 is 0 Å². The highest BCUT2D eigenvalue weighted by Crippen LogP contribution is 2.25. The molecular weight excluding hydrogens is 444 g/mol. The molecule has 1 fully saturated rings. The Bertz CT molecular complexity index is 1220. The molecule has 34 heavy (non-hydrogen) atoms. The maximum absolute atomic E-state index is 13.1. The molecule has 0 aromatic heterocycles. The number of benzene rings is 3. The van der Waals surface area contributed by atoms with Gasteiger partial charge in [-0.1, -0.05) is 54.6 Å². The lowest BCUT2D eigenvalue weighted by Crippen LogP contribution is -2.39. The average molecular weight is 477 g/mol. The summed E-state index contributed by atoms with van der Waals surface area (Å²) in [7, 11) is -3.48. The predicted octanol–water partition coefficient (Wildman–Crippen LogP) is 5.06. The number of aryl methyl sites for hydroxylation is 1. The van der Waals surface area contributed by atoms with Crippen molar-refractivity contribution in [1.82, 2.24) is 4.90 Å². The Hall–Kier alpha value is -3.12. The van der Waals surface area contributed by atoms with E-state index >= 15 is 0 Å². The van der Waals surface area contributed by atoms with Crippen LogP contribution in [0.25, 0.3) is 0 Å². The van der Waals surface area contributed by atoms with Crippen molar-refractivity contribution in [3.8, 4) is 0 Å². The van der Waals surface area contributed by atoms with Crippen molar-refractivity contribution in [2.24, 2.45) is 5.92 Å². The Morgan fingerprint density at radius 2 is 1.53 bits per heavy atom. The molecule has 0 aliphatic carbocycles. The Morgan fingerprint density at radius 1 is 0.912 bits per heavy atom. The molecule has 1 aliphatic rings. The van der Waals surface area contributed by atoms with Gasteiger partial charge in [-0.25, -0.2) is 8.42 Å². The number of hydrogen-bond acceptors (Lipinski definition) is 3. The zero-order valence-corrected chi connectivity index (χ0v) is 20.7. The topological polar surface area (TPSA) is 57.7 Å². The lowest BCUT2D eigenvalue weighted by Gasteiger charge is -2.32. The molecule has 1 heterocycles. The number of sulfonamides is 1. The van der Waals surface area contributed by atoms with Crippen molar-refractivity contribution < 1.29 is 13.2 Å². The Kier molecular flexibility index (Phi) is 7.37. The zero-order valence-electron chi connectivity index (χ0n) is 19.9. The molecule has 4 rings (SSSR count). The molecule has 1 amide bonds. The first kappa shape index (κ1) is 24.0. The van der Waals surface area contributed by atoms with Gasteiger partial charge in [0.05, 0.1) is 18.5 Å². The standard InChI is InChI=1S/C28H32N2O3S/c1-22-8-6-7-11-26(22)21-30(34(2,32)33)27-14-12-25(13-15-27)28(31)29-18-16-24(17-19-29)20-23-9-4-3-5-10-23/h3-15,24H,16-21H2,1-2H3. The summed E-state index contributed by atoms with van der Waals surface area (Å²) >= 11 is 0. The van der Waals surface area contributed by atoms with Crippen molar-refractivity contribution in [1.29, 1.82) is 0 Å². The Labute approximate surface area is 203 Å². The van der Waals surface area contributed by atoms with Gasteiger partial charge in [-0.15, -0.1) is 0 Å². The van der Waals surface area contributed by atoms with E-state index in [2.05, 4.69) is 24.3 Å². The summed E-state index contributed by atoms with van der Waals surface area (Å²) in [6.45, 7) is 3.73. The van der Waals surface area contributed by atoms with Crippen LogP contribution in [0.15, 0.2) is 78.9 Å². The number of amides is 1. The van der Waals surface area contributed by atoms with Gasteiger partial charge in [-0.2, -0.15) is 0 Å². The minimum atomic E-state index is -3.48. The summed E-state index contributed by atoms with van der Waals surface area (Å²) in [5, 5.41) is 0. The zero-order chi connectivity index (χ0) is 24.1. The molecule has 1 saturated heterocycles. The molecule has 0 saturated carbocycles. The number of rotatable bonds is 7. The summed E-state index contributed by atoms with van der Waals surface area (Å²) in [5.41, 5.74) is 4.49. The van der Waals surface area contributed by atoms with Crippen LogP contribution in [-0.2, 0) is 23.0 Å². The summed E-state index contributed by atoms with van der Waals surface area (Å²) < 4.78 is 26.4. The molecular formula is C28H32N2O3S. The van der Waals surface area contributed by atoms with Crippen LogP contribution in [0.5, 0.6) is 0 Å². The fourth-order valence-corrected chi connectivity index (χ4v) is 5.46. The summed E-state index contributed by atoms with van der Waals surface area (Å²) in [4.78, 5) is 15.0. The largest absolute Gasteiger partial charge is 0.339 e. The monoisotopic (exact) mass is 476 g/mol. The lowest BCUT2D eigenvalue weighted by atomic mass is 9.90. The minimum absolute atomic E-state index is 0.00882. The molecule has 3 aromatic carbocycles. The first-order valence-electron chi connectivity index (χ1n) is 11.8. The van der Waals surface area contributed by atoms with Gasteiger partial charge in [0.1, 0.15) is 0 Å². The smallest absolute Gasteiger partial charge is 0.253 e. The second kappa shape index (κ2) is 10.4. The molecule has 0 atom stereocenters. The highest BCUT2D eigenvalue weighted by molar-refractivity contribution is 7.92. The van der Waals surface area contributed by atoms with E-state index in [-0.39, 0.29) is 12.5 Å². The number of carbonyl (C=O) groups is 1. The molecule has 0 unspecified atom stereocenters. The van der Waals surface area contributed by atoms with E-state index in [1.165, 1.54) is 16.1 Å². The Morgan fingerprint density at radius 3 is 2.15 bits per heavy atom. The minimum Gasteiger partial charge on any atom is -0.339 e. The van der Waals surface area contributed by atoms with Crippen molar-refractivity contribution >= 4 is 21.6 Å². The summed E-state index contributed by atoms with van der Waals surface area (Å²) in [5.74, 6) is 0.605. The molecule has 6 heteroatoms. The first-order chi connectivity index (χ1) is 16.3. The van der Waals surface area contributed by atoms with Crippen molar-refractivity contribution in [2.45, 2.75) is 32.7 Å². The van der Waals surface area contributed by atoms with Crippen molar-refractivity contribution in [2.75, 3.05) is 23.7 Å². The molecule has 178 valence electrons. The third-order valence-electron chi connectivity index (χ3n) is 6.65. The van der Waals surface area contributed by atoms with Gasteiger partial charge in [-0.3, -0.25) is 9.10 Å². The van der Waals surface area contributed by atoms with Crippen LogP contribution in [0.4, 0.5) is 5.69 Å². The first-order valence-corrected chi connectivity index (χ1v) is 13.6. The van der Waals surface area contributed by atoms with Crippen LogP contribution in [0.1, 0.15) is 39.9 Å². The second-order valence-electron chi connectivity index (χ2n) is 9.17. The van der Waals surface area contributed by atoms with Gasteiger partial charge in [0, 0.05) is 18.7 Å². The maximum atomic E-state index is 13.1. The van der Waals surface area contributed by atoms with Gasteiger partial charge in [0.15, 0.2) is 0 Å². The quantitative estimate of drug-likeness (QED) is 0.479. The van der Waals surface area contributed by atoms with Crippen LogP contribution in [-0.4, -0.2) is 38.6 Å². The number of likely N-dealkylation sites (tertiary alicyclic amines) is 1. The molecule has 3 aromatic rings. The molecule has 0 spiro atoms. The number of anilines is 1. The summed E-state index contributed by atoms with van der Waals surface area (Å²) in [6, 6.07) is 25.2. The Balaban J connectivity index is 1.41. The van der Waals surface area contributed by atoms with E-state index in [9.17, 15) is 13.2 Å². The molecule has 0 bridgehead atoms. The number of nitrogens with zero attached hydrogens (tertiary/aromatic N) is 2. The molecule has 5 nitrogen and oxygen atoms in total. The van der Waals surface area contributed by atoms with Gasteiger partial charge in [0.25, 0.3) is 5.91 Å². The SMILES string of the molecule is Cc1ccccc1CN(c1ccc(C(=O)N2CCC(Cc3ccccc3)CC2)cc1)S(C)(=O)=O. The van der Waals surface area contributed by atoms with Crippen LogP contribution in [0.3, 0.4) is 0 Å². The van der Waals surface area contributed by atoms with Gasteiger partial charge in [0.2, 0.25) is 10.0 Å². The van der Waals surface area contributed by atoms with Crippen molar-refractivity contribution in [3.05, 3.63) is 101 Å². The maximum Gasteiger partial charge on any atom is 0.253 e. The molecule has 0 radical (unpaired) electrons. The van der Waals surface area contributed by atoms with Gasteiger partial charge >= 0.3 is 0 Å². The third-order valence-corrected chi connectivity index (χ3v) is 7.79. The van der Waals surface area contributed by atoms with E-state index < -0.39 is 10.0 Å². The summed E-state index contributed by atoms with van der Waals surface area (Å²) in [6.07, 6.45) is 4.26. The highest BCUT2D eigenvalue weighted by Gasteiger charge is 2.24. The van der Waals surface area contributed by atoms with E-state index in [4.69, 9.17) is 0 Å². The molecule has 0 N–H and O–H groups in total. The lowest BCUT2D eigenvalue weighted by molar-refractivity contribution is 0.0690. The number of hydrogen-bond donors (Lipinski definition) is 0. The highest BCUT2D eigenvalue weighted by atomic mass is 32.2. The van der Waals surface area contributed by atoms with E-state index in [1.54, 1.807) is 24.3 Å². The fraction of sp³-hybridized carbons (Fsp3) is 0.321. The predicted molar refractivity (Wildman–Crippen MR) is 137 cm³/mol. The second-order valence-corrected chi connectivity index (χ2v) is 11.1. The van der Waals surface area contributed by atoms with Crippen LogP contribution in [0.2, 0.25) is 0 Å². The van der Waals surface area contributed by atoms with E-state index in [1.807, 2.05) is 42.2 Å². The molecule has 1 aliphatic heterocycles. The third kappa shape index (κ3) is 5.86. The van der Waals surface area contributed by atoms with Crippen molar-refractivity contribution in [3.63, 3.8) is 0 Å². The normalized spacial score (nSPS) is 14.7. The fourth-order valence-electron chi connectivity index (χ4n) is 4.58. The number of carbonyl (C=O) groups excluding carboxylic acids is 1. The van der Waals surface area contributed by atoms with Crippen LogP contribution in [0, 0.1) is 12.8 Å². The van der Waals surface area contributed by atoms with Gasteiger partial charge < -0.3 is 4.90 Å². The average Bonchev–Trinajstić information content (AvgIpc) is 2.84.